The van der Waals surface area contributed by atoms with Crippen LogP contribution in [0, 0.1) is 6.92 Å². The fourth-order valence-corrected chi connectivity index (χ4v) is 1.71. The molecule has 1 aromatic rings. The van der Waals surface area contributed by atoms with Crippen LogP contribution in [-0.4, -0.2) is 16.2 Å². The molecule has 0 radical (unpaired) electrons. The molecule has 5 heteroatoms. The molecule has 0 unspecified atom stereocenters. The van der Waals surface area contributed by atoms with Crippen molar-refractivity contribution in [1.29, 1.82) is 0 Å². The quantitative estimate of drug-likeness (QED) is 0.719. The van der Waals surface area contributed by atoms with Gasteiger partial charge in [0.2, 0.25) is 0 Å². The van der Waals surface area contributed by atoms with Gasteiger partial charge in [-0.1, -0.05) is 12.1 Å². The van der Waals surface area contributed by atoms with E-state index in [-0.39, 0.29) is 29.8 Å². The molecule has 0 aromatic heterocycles. The molecular formula is C13H18ClNO3. The van der Waals surface area contributed by atoms with Gasteiger partial charge in [0.15, 0.2) is 0 Å². The first-order valence-corrected chi connectivity index (χ1v) is 5.40. The molecule has 0 aliphatic carbocycles. The molecule has 1 aromatic carbocycles. The van der Waals surface area contributed by atoms with Crippen molar-refractivity contribution in [1.82, 2.24) is 0 Å². The van der Waals surface area contributed by atoms with Crippen LogP contribution in [0.5, 0.6) is 5.75 Å². The van der Waals surface area contributed by atoms with Crippen LogP contribution >= 0.6 is 12.4 Å². The minimum Gasteiger partial charge on any atom is -0.507 e. The molecule has 0 saturated carbocycles. The van der Waals surface area contributed by atoms with Crippen LogP contribution in [0.1, 0.15) is 40.4 Å². The molecule has 4 N–H and O–H groups in total. The Labute approximate surface area is 113 Å². The van der Waals surface area contributed by atoms with Crippen LogP contribution in [0.15, 0.2) is 24.8 Å². The second kappa shape index (κ2) is 7.03. The van der Waals surface area contributed by atoms with E-state index in [0.717, 1.165) is 12.0 Å². The fraction of sp³-hybridized carbons (Fsp3) is 0.308. The van der Waals surface area contributed by atoms with Gasteiger partial charge in [-0.15, -0.1) is 19.0 Å². The predicted octanol–water partition coefficient (Wildman–Crippen LogP) is 2.79. The third-order valence-electron chi connectivity index (χ3n) is 2.60. The van der Waals surface area contributed by atoms with E-state index in [1.165, 1.54) is 6.07 Å². The lowest BCUT2D eigenvalue weighted by Crippen LogP contribution is -2.12. The lowest BCUT2D eigenvalue weighted by molar-refractivity contribution is 0.0693. The van der Waals surface area contributed by atoms with E-state index in [2.05, 4.69) is 6.58 Å². The maximum Gasteiger partial charge on any atom is 0.339 e. The van der Waals surface area contributed by atoms with E-state index in [4.69, 9.17) is 10.8 Å². The number of carbonyl (C=O) groups is 1. The third kappa shape index (κ3) is 3.75. The molecule has 0 heterocycles. The third-order valence-corrected chi connectivity index (χ3v) is 2.60. The van der Waals surface area contributed by atoms with Crippen LogP contribution in [0.4, 0.5) is 0 Å². The van der Waals surface area contributed by atoms with Gasteiger partial charge in [-0.05, 0) is 31.4 Å². The predicted molar refractivity (Wildman–Crippen MR) is 73.4 cm³/mol. The van der Waals surface area contributed by atoms with Gasteiger partial charge in [-0.25, -0.2) is 4.79 Å². The van der Waals surface area contributed by atoms with Gasteiger partial charge in [0.05, 0.1) is 0 Å². The van der Waals surface area contributed by atoms with E-state index in [1.807, 2.05) is 0 Å². The van der Waals surface area contributed by atoms with Crippen LogP contribution in [-0.2, 0) is 0 Å². The molecule has 0 amide bonds. The number of nitrogens with two attached hydrogens (primary N) is 1. The molecule has 0 spiro atoms. The largest absolute Gasteiger partial charge is 0.507 e. The Bertz CT molecular complexity index is 446. The summed E-state index contributed by atoms with van der Waals surface area (Å²) in [6.45, 7) is 5.37. The van der Waals surface area contributed by atoms with Crippen molar-refractivity contribution in [3.05, 3.63) is 41.5 Å². The Morgan fingerprint density at radius 1 is 1.56 bits per heavy atom. The minimum atomic E-state index is -1.15. The van der Waals surface area contributed by atoms with Crippen molar-refractivity contribution < 1.29 is 15.0 Å². The molecule has 0 bridgehead atoms. The second-order valence-corrected chi connectivity index (χ2v) is 4.03. The smallest absolute Gasteiger partial charge is 0.339 e. The highest BCUT2D eigenvalue weighted by Crippen LogP contribution is 2.30. The number of carboxylic acids is 1. The number of rotatable bonds is 5. The van der Waals surface area contributed by atoms with Gasteiger partial charge in [0.1, 0.15) is 11.3 Å². The molecule has 0 aliphatic heterocycles. The van der Waals surface area contributed by atoms with Crippen LogP contribution in [0.2, 0.25) is 0 Å². The number of benzene rings is 1. The molecule has 100 valence electrons. The highest BCUT2D eigenvalue weighted by molar-refractivity contribution is 5.91. The van der Waals surface area contributed by atoms with E-state index in [9.17, 15) is 9.90 Å². The van der Waals surface area contributed by atoms with Gasteiger partial charge in [0.25, 0.3) is 0 Å². The summed E-state index contributed by atoms with van der Waals surface area (Å²) in [6, 6.07) is 2.77. The molecule has 1 atom stereocenters. The zero-order chi connectivity index (χ0) is 13.0. The van der Waals surface area contributed by atoms with Crippen LogP contribution in [0.3, 0.4) is 0 Å². The Hall–Kier alpha value is -1.52. The Kier molecular flexibility index (Phi) is 6.44. The number of allylic oxidation sites excluding steroid dienone is 1. The Morgan fingerprint density at radius 2 is 2.17 bits per heavy atom. The molecular weight excluding hydrogens is 254 g/mol. The highest BCUT2D eigenvalue weighted by atomic mass is 35.5. The summed E-state index contributed by atoms with van der Waals surface area (Å²) in [5, 5.41) is 18.8. The number of phenols is 1. The van der Waals surface area contributed by atoms with Crippen molar-refractivity contribution in [2.45, 2.75) is 25.8 Å². The average Bonchev–Trinajstić information content (AvgIpc) is 2.28. The Balaban J connectivity index is 0.00000289. The van der Waals surface area contributed by atoms with Gasteiger partial charge in [-0.2, -0.15) is 0 Å². The van der Waals surface area contributed by atoms with Crippen molar-refractivity contribution in [2.75, 3.05) is 0 Å². The van der Waals surface area contributed by atoms with E-state index >= 15 is 0 Å². The van der Waals surface area contributed by atoms with E-state index < -0.39 is 5.97 Å². The molecule has 1 rings (SSSR count). The normalized spacial score (nSPS) is 11.4. The van der Waals surface area contributed by atoms with Gasteiger partial charge in [-0.3, -0.25) is 0 Å². The maximum absolute atomic E-state index is 10.9. The van der Waals surface area contributed by atoms with Crippen LogP contribution < -0.4 is 5.73 Å². The average molecular weight is 272 g/mol. The first-order valence-electron chi connectivity index (χ1n) is 5.40. The Morgan fingerprint density at radius 3 is 2.67 bits per heavy atom. The summed E-state index contributed by atoms with van der Waals surface area (Å²) in [4.78, 5) is 10.9. The topological polar surface area (TPSA) is 83.6 Å². The van der Waals surface area contributed by atoms with Crippen molar-refractivity contribution in [3.63, 3.8) is 0 Å². The maximum atomic E-state index is 10.9. The number of carboxylic acid groups (broad SMARTS) is 1. The lowest BCUT2D eigenvalue weighted by Gasteiger charge is -2.15. The van der Waals surface area contributed by atoms with Crippen molar-refractivity contribution in [2.24, 2.45) is 5.73 Å². The molecule has 0 aliphatic rings. The summed E-state index contributed by atoms with van der Waals surface area (Å²) < 4.78 is 0. The van der Waals surface area contributed by atoms with Crippen molar-refractivity contribution in [3.8, 4) is 5.75 Å². The summed E-state index contributed by atoms with van der Waals surface area (Å²) in [5.41, 5.74) is 7.06. The lowest BCUT2D eigenvalue weighted by atomic mass is 9.96. The number of aromatic hydroxyl groups is 1. The number of halogens is 1. The molecule has 4 nitrogen and oxygen atoms in total. The van der Waals surface area contributed by atoms with Gasteiger partial charge >= 0.3 is 5.97 Å². The zero-order valence-corrected chi connectivity index (χ0v) is 11.0. The second-order valence-electron chi connectivity index (χ2n) is 4.03. The van der Waals surface area contributed by atoms with Gasteiger partial charge in [0, 0.05) is 11.6 Å². The SMILES string of the molecule is C=CCC[C@H](N)c1cc(C)cc(C(=O)O)c1O.Cl. The summed E-state index contributed by atoms with van der Waals surface area (Å²) in [6.07, 6.45) is 3.08. The van der Waals surface area contributed by atoms with Crippen LogP contribution in [0.25, 0.3) is 0 Å². The van der Waals surface area contributed by atoms with Crippen molar-refractivity contribution >= 4 is 18.4 Å². The number of aryl methyl sites for hydroxylation is 1. The highest BCUT2D eigenvalue weighted by Gasteiger charge is 2.18. The van der Waals surface area contributed by atoms with Gasteiger partial charge < -0.3 is 15.9 Å². The number of hydrogen-bond donors (Lipinski definition) is 3. The fourth-order valence-electron chi connectivity index (χ4n) is 1.71. The minimum absolute atomic E-state index is 0. The first-order chi connectivity index (χ1) is 7.97. The molecule has 0 saturated heterocycles. The standard InChI is InChI=1S/C13H17NO3.ClH/c1-3-4-5-11(14)9-6-8(2)7-10(12(9)15)13(16)17;/h3,6-7,11,15H,1,4-5,14H2,2H3,(H,16,17);1H/t11-;/m0./s1. The summed E-state index contributed by atoms with van der Waals surface area (Å²) in [5.74, 6) is -1.39. The zero-order valence-electron chi connectivity index (χ0n) is 10.2. The summed E-state index contributed by atoms with van der Waals surface area (Å²) >= 11 is 0. The number of aromatic carboxylic acids is 1. The first kappa shape index (κ1) is 16.5. The monoisotopic (exact) mass is 271 g/mol. The molecule has 0 fully saturated rings. The molecule has 18 heavy (non-hydrogen) atoms. The number of hydrogen-bond acceptors (Lipinski definition) is 3. The summed E-state index contributed by atoms with van der Waals surface area (Å²) in [7, 11) is 0. The van der Waals surface area contributed by atoms with E-state index in [0.29, 0.717) is 12.0 Å². The van der Waals surface area contributed by atoms with E-state index in [1.54, 1.807) is 19.1 Å².